The molecule has 1 fully saturated rings. The topological polar surface area (TPSA) is 75.9 Å². The van der Waals surface area contributed by atoms with Crippen LogP contribution in [0.4, 0.5) is 5.82 Å². The number of amides is 1. The molecule has 1 aromatic carbocycles. The van der Waals surface area contributed by atoms with Crippen LogP contribution in [-0.2, 0) is 4.79 Å². The van der Waals surface area contributed by atoms with Crippen molar-refractivity contribution >= 4 is 29.0 Å². The SMILES string of the molecule is O=C(COc1cccc(Cl)c1)N1CCN(c2ccc3nncn3n2)CC1. The van der Waals surface area contributed by atoms with Gasteiger partial charge < -0.3 is 14.5 Å². The number of halogens is 1. The van der Waals surface area contributed by atoms with Crippen molar-refractivity contribution in [2.45, 2.75) is 0 Å². The number of hydrogen-bond donors (Lipinski definition) is 0. The minimum absolute atomic E-state index is 0.00522. The van der Waals surface area contributed by atoms with Gasteiger partial charge in [0.2, 0.25) is 0 Å². The maximum Gasteiger partial charge on any atom is 0.260 e. The van der Waals surface area contributed by atoms with Gasteiger partial charge in [-0.1, -0.05) is 17.7 Å². The molecule has 0 unspecified atom stereocenters. The Morgan fingerprint density at radius 3 is 2.81 bits per heavy atom. The molecule has 0 N–H and O–H groups in total. The highest BCUT2D eigenvalue weighted by Gasteiger charge is 2.22. The molecule has 1 amide bonds. The van der Waals surface area contributed by atoms with Crippen molar-refractivity contribution < 1.29 is 9.53 Å². The number of aromatic nitrogens is 4. The molecule has 1 aliphatic heterocycles. The molecule has 2 aromatic heterocycles. The smallest absolute Gasteiger partial charge is 0.260 e. The Morgan fingerprint density at radius 2 is 2.00 bits per heavy atom. The standard InChI is InChI=1S/C17H17ClN6O2/c18-13-2-1-3-14(10-13)26-11-17(25)23-8-6-22(7-9-23)16-5-4-15-20-19-12-24(15)21-16/h1-5,10,12H,6-9,11H2. The average Bonchev–Trinajstić information content (AvgIpc) is 3.14. The summed E-state index contributed by atoms with van der Waals surface area (Å²) in [5, 5.41) is 12.9. The van der Waals surface area contributed by atoms with Crippen LogP contribution in [-0.4, -0.2) is 63.4 Å². The van der Waals surface area contributed by atoms with Crippen molar-refractivity contribution in [2.24, 2.45) is 0 Å². The van der Waals surface area contributed by atoms with Crippen LogP contribution in [0.25, 0.3) is 5.65 Å². The normalized spacial score (nSPS) is 14.7. The van der Waals surface area contributed by atoms with E-state index in [-0.39, 0.29) is 12.5 Å². The molecule has 1 saturated heterocycles. The molecule has 134 valence electrons. The fourth-order valence-electron chi connectivity index (χ4n) is 2.87. The van der Waals surface area contributed by atoms with Crippen LogP contribution in [0.5, 0.6) is 5.75 Å². The number of carbonyl (C=O) groups excluding carboxylic acids is 1. The molecule has 3 aromatic rings. The van der Waals surface area contributed by atoms with E-state index in [0.29, 0.717) is 42.6 Å². The zero-order valence-corrected chi connectivity index (χ0v) is 14.7. The largest absolute Gasteiger partial charge is 0.484 e. The molecular weight excluding hydrogens is 356 g/mol. The third-order valence-corrected chi connectivity index (χ3v) is 4.50. The van der Waals surface area contributed by atoms with E-state index in [4.69, 9.17) is 16.3 Å². The quantitative estimate of drug-likeness (QED) is 0.691. The van der Waals surface area contributed by atoms with Crippen molar-refractivity contribution in [1.29, 1.82) is 0 Å². The molecule has 1 aliphatic rings. The summed E-state index contributed by atoms with van der Waals surface area (Å²) in [7, 11) is 0. The van der Waals surface area contributed by atoms with Crippen molar-refractivity contribution in [3.8, 4) is 5.75 Å². The first-order valence-corrected chi connectivity index (χ1v) is 8.65. The molecule has 0 atom stereocenters. The summed E-state index contributed by atoms with van der Waals surface area (Å²) in [5.74, 6) is 1.40. The van der Waals surface area contributed by atoms with E-state index in [1.165, 1.54) is 0 Å². The highest BCUT2D eigenvalue weighted by Crippen LogP contribution is 2.18. The summed E-state index contributed by atoms with van der Waals surface area (Å²) < 4.78 is 7.18. The number of rotatable bonds is 4. The number of hydrogen-bond acceptors (Lipinski definition) is 6. The number of carbonyl (C=O) groups is 1. The van der Waals surface area contributed by atoms with E-state index < -0.39 is 0 Å². The minimum atomic E-state index is -0.0353. The third-order valence-electron chi connectivity index (χ3n) is 4.26. The number of benzene rings is 1. The van der Waals surface area contributed by atoms with Crippen LogP contribution < -0.4 is 9.64 Å². The lowest BCUT2D eigenvalue weighted by atomic mass is 10.3. The highest BCUT2D eigenvalue weighted by atomic mass is 35.5. The Hall–Kier alpha value is -2.87. The lowest BCUT2D eigenvalue weighted by Gasteiger charge is -2.35. The highest BCUT2D eigenvalue weighted by molar-refractivity contribution is 6.30. The van der Waals surface area contributed by atoms with Crippen LogP contribution in [0.2, 0.25) is 5.02 Å². The van der Waals surface area contributed by atoms with Gasteiger partial charge in [-0.3, -0.25) is 4.79 Å². The van der Waals surface area contributed by atoms with Crippen molar-refractivity contribution in [2.75, 3.05) is 37.7 Å². The molecule has 26 heavy (non-hydrogen) atoms. The van der Waals surface area contributed by atoms with Gasteiger partial charge in [0, 0.05) is 31.2 Å². The second kappa shape index (κ2) is 7.17. The molecule has 8 nitrogen and oxygen atoms in total. The zero-order valence-electron chi connectivity index (χ0n) is 14.0. The number of nitrogens with zero attached hydrogens (tertiary/aromatic N) is 6. The molecule has 0 radical (unpaired) electrons. The predicted octanol–water partition coefficient (Wildman–Crippen LogP) is 1.51. The van der Waals surface area contributed by atoms with Crippen molar-refractivity contribution in [3.63, 3.8) is 0 Å². The molecule has 4 rings (SSSR count). The number of ether oxygens (including phenoxy) is 1. The number of piperazine rings is 1. The van der Waals surface area contributed by atoms with E-state index >= 15 is 0 Å². The molecule has 0 bridgehead atoms. The summed E-state index contributed by atoms with van der Waals surface area (Å²) >= 11 is 5.92. The molecule has 0 saturated carbocycles. The second-order valence-corrected chi connectivity index (χ2v) is 6.38. The Morgan fingerprint density at radius 1 is 1.15 bits per heavy atom. The van der Waals surface area contributed by atoms with Gasteiger partial charge in [-0.05, 0) is 30.3 Å². The number of anilines is 1. The van der Waals surface area contributed by atoms with E-state index in [0.717, 1.165) is 5.82 Å². The zero-order chi connectivity index (χ0) is 17.9. The Bertz CT molecular complexity index is 922. The maximum atomic E-state index is 12.4. The third kappa shape index (κ3) is 3.55. The van der Waals surface area contributed by atoms with Gasteiger partial charge in [0.25, 0.3) is 5.91 Å². The van der Waals surface area contributed by atoms with E-state index in [9.17, 15) is 4.79 Å². The molecule has 0 aliphatic carbocycles. The number of fused-ring (bicyclic) bond motifs is 1. The summed E-state index contributed by atoms with van der Waals surface area (Å²) in [6.07, 6.45) is 1.58. The van der Waals surface area contributed by atoms with Gasteiger partial charge in [-0.2, -0.15) is 4.52 Å². The fraction of sp³-hybridized carbons (Fsp3) is 0.294. The molecular formula is C17H17ClN6O2. The van der Waals surface area contributed by atoms with Gasteiger partial charge in [-0.15, -0.1) is 15.3 Å². The van der Waals surface area contributed by atoms with Crippen LogP contribution in [0, 0.1) is 0 Å². The Labute approximate surface area is 154 Å². The van der Waals surface area contributed by atoms with Crippen molar-refractivity contribution in [3.05, 3.63) is 47.7 Å². The fourth-order valence-corrected chi connectivity index (χ4v) is 3.05. The minimum Gasteiger partial charge on any atom is -0.484 e. The summed E-state index contributed by atoms with van der Waals surface area (Å²) in [4.78, 5) is 16.3. The second-order valence-electron chi connectivity index (χ2n) is 5.94. The van der Waals surface area contributed by atoms with Gasteiger partial charge in [-0.25, -0.2) is 0 Å². The first kappa shape index (κ1) is 16.6. The molecule has 3 heterocycles. The van der Waals surface area contributed by atoms with Crippen LogP contribution >= 0.6 is 11.6 Å². The van der Waals surface area contributed by atoms with Gasteiger partial charge in [0.15, 0.2) is 12.3 Å². The summed E-state index contributed by atoms with van der Waals surface area (Å²) in [6, 6.07) is 10.8. The average molecular weight is 373 g/mol. The molecule has 0 spiro atoms. The Balaban J connectivity index is 1.31. The van der Waals surface area contributed by atoms with Gasteiger partial charge in [0.05, 0.1) is 0 Å². The lowest BCUT2D eigenvalue weighted by molar-refractivity contribution is -0.133. The predicted molar refractivity (Wildman–Crippen MR) is 96.5 cm³/mol. The lowest BCUT2D eigenvalue weighted by Crippen LogP contribution is -2.50. The Kier molecular flexibility index (Phi) is 4.57. The monoisotopic (exact) mass is 372 g/mol. The summed E-state index contributed by atoms with van der Waals surface area (Å²) in [6.45, 7) is 2.68. The maximum absolute atomic E-state index is 12.4. The van der Waals surface area contributed by atoms with E-state index in [1.807, 2.05) is 12.1 Å². The molecule has 9 heteroatoms. The van der Waals surface area contributed by atoms with E-state index in [1.54, 1.807) is 40.0 Å². The first-order valence-electron chi connectivity index (χ1n) is 8.27. The van der Waals surface area contributed by atoms with Gasteiger partial charge in [0.1, 0.15) is 17.9 Å². The van der Waals surface area contributed by atoms with E-state index in [2.05, 4.69) is 20.2 Å². The van der Waals surface area contributed by atoms with Crippen molar-refractivity contribution in [1.82, 2.24) is 24.7 Å². The van der Waals surface area contributed by atoms with Crippen LogP contribution in [0.3, 0.4) is 0 Å². The first-order chi connectivity index (χ1) is 12.7. The van der Waals surface area contributed by atoms with Gasteiger partial charge >= 0.3 is 0 Å². The van der Waals surface area contributed by atoms with Crippen LogP contribution in [0.15, 0.2) is 42.7 Å². The summed E-state index contributed by atoms with van der Waals surface area (Å²) in [5.41, 5.74) is 0.709. The van der Waals surface area contributed by atoms with Crippen LogP contribution in [0.1, 0.15) is 0 Å².